The Labute approximate surface area is 84.2 Å². The maximum Gasteiger partial charge on any atom is 0.0464 e. The Morgan fingerprint density at radius 2 is 2.08 bits per heavy atom. The van der Waals surface area contributed by atoms with Crippen LogP contribution < -0.4 is 0 Å². The summed E-state index contributed by atoms with van der Waals surface area (Å²) in [6.45, 7) is 4.45. The van der Waals surface area contributed by atoms with E-state index in [4.69, 9.17) is 5.11 Å². The van der Waals surface area contributed by atoms with Crippen LogP contribution in [0, 0.1) is 12.8 Å². The molecule has 0 saturated heterocycles. The molecule has 1 rings (SSSR count). The minimum Gasteiger partial charge on any atom is -0.396 e. The minimum absolute atomic E-state index is 0.277. The summed E-state index contributed by atoms with van der Waals surface area (Å²) in [5, 5.41) is 8.87. The van der Waals surface area contributed by atoms with Crippen LogP contribution in [0.4, 0.5) is 0 Å². The van der Waals surface area contributed by atoms with Crippen molar-refractivity contribution in [1.29, 1.82) is 0 Å². The molecule has 1 N–H and O–H groups in total. The maximum absolute atomic E-state index is 8.87. The minimum atomic E-state index is 0.277. The van der Waals surface area contributed by atoms with E-state index >= 15 is 0 Å². The number of thioether (sulfide) groups is 1. The van der Waals surface area contributed by atoms with Gasteiger partial charge in [0, 0.05) is 17.3 Å². The topological polar surface area (TPSA) is 20.2 Å². The van der Waals surface area contributed by atoms with Crippen molar-refractivity contribution in [3.05, 3.63) is 29.8 Å². The highest BCUT2D eigenvalue weighted by Crippen LogP contribution is 2.23. The molecule has 0 aliphatic rings. The summed E-state index contributed by atoms with van der Waals surface area (Å²) in [4.78, 5) is 1.32. The molecule has 1 nitrogen and oxygen atoms in total. The lowest BCUT2D eigenvalue weighted by atomic mass is 10.2. The summed E-state index contributed by atoms with van der Waals surface area (Å²) in [5.74, 6) is 1.37. The third-order valence-corrected chi connectivity index (χ3v) is 3.43. The van der Waals surface area contributed by atoms with Gasteiger partial charge < -0.3 is 5.11 Å². The monoisotopic (exact) mass is 196 g/mol. The highest BCUT2D eigenvalue weighted by atomic mass is 32.2. The molecule has 1 atom stereocenters. The second-order valence-electron chi connectivity index (χ2n) is 3.36. The average molecular weight is 196 g/mol. The van der Waals surface area contributed by atoms with Crippen LogP contribution in [0.5, 0.6) is 0 Å². The standard InChI is InChI=1S/C11H16OS/c1-9(7-12)8-13-11-6-4-3-5-10(11)2/h3-6,9,12H,7-8H2,1-2H3/t9-/m0/s1. The first kappa shape index (κ1) is 10.6. The van der Waals surface area contributed by atoms with Gasteiger partial charge in [-0.25, -0.2) is 0 Å². The van der Waals surface area contributed by atoms with E-state index in [0.717, 1.165) is 5.75 Å². The van der Waals surface area contributed by atoms with Crippen molar-refractivity contribution in [2.75, 3.05) is 12.4 Å². The van der Waals surface area contributed by atoms with E-state index in [1.165, 1.54) is 10.5 Å². The number of benzene rings is 1. The molecular formula is C11H16OS. The number of hydrogen-bond acceptors (Lipinski definition) is 2. The Hall–Kier alpha value is -0.470. The highest BCUT2D eigenvalue weighted by Gasteiger charge is 2.02. The molecule has 0 aromatic heterocycles. The molecule has 0 fully saturated rings. The summed E-state index contributed by atoms with van der Waals surface area (Å²) in [5.41, 5.74) is 1.32. The van der Waals surface area contributed by atoms with Gasteiger partial charge in [0.2, 0.25) is 0 Å². The van der Waals surface area contributed by atoms with Gasteiger partial charge in [0.25, 0.3) is 0 Å². The van der Waals surface area contributed by atoms with Gasteiger partial charge in [-0.05, 0) is 24.5 Å². The summed E-state index contributed by atoms with van der Waals surface area (Å²) >= 11 is 1.82. The van der Waals surface area contributed by atoms with Crippen molar-refractivity contribution in [3.8, 4) is 0 Å². The smallest absolute Gasteiger partial charge is 0.0464 e. The average Bonchev–Trinajstić information content (AvgIpc) is 2.16. The molecule has 1 aromatic carbocycles. The molecule has 0 unspecified atom stereocenters. The second kappa shape index (κ2) is 5.30. The van der Waals surface area contributed by atoms with E-state index < -0.39 is 0 Å². The Balaban J connectivity index is 2.50. The molecule has 0 aliphatic heterocycles. The lowest BCUT2D eigenvalue weighted by Gasteiger charge is -2.08. The number of aliphatic hydroxyl groups excluding tert-OH is 1. The molecule has 0 amide bonds. The molecule has 0 saturated carbocycles. The van der Waals surface area contributed by atoms with E-state index in [9.17, 15) is 0 Å². The summed E-state index contributed by atoms with van der Waals surface area (Å²) in [7, 11) is 0. The summed E-state index contributed by atoms with van der Waals surface area (Å²) in [6.07, 6.45) is 0. The first-order valence-electron chi connectivity index (χ1n) is 4.53. The van der Waals surface area contributed by atoms with Crippen LogP contribution in [0.3, 0.4) is 0 Å². The largest absolute Gasteiger partial charge is 0.396 e. The fraction of sp³-hybridized carbons (Fsp3) is 0.455. The predicted molar refractivity (Wildman–Crippen MR) is 58.2 cm³/mol. The zero-order valence-electron chi connectivity index (χ0n) is 8.16. The fourth-order valence-corrected chi connectivity index (χ4v) is 2.04. The zero-order chi connectivity index (χ0) is 9.68. The lowest BCUT2D eigenvalue weighted by Crippen LogP contribution is -2.03. The van der Waals surface area contributed by atoms with E-state index in [-0.39, 0.29) is 6.61 Å². The molecule has 1 aromatic rings. The molecule has 72 valence electrons. The van der Waals surface area contributed by atoms with E-state index in [0.29, 0.717) is 5.92 Å². The third-order valence-electron chi connectivity index (χ3n) is 1.93. The number of aryl methyl sites for hydroxylation is 1. The van der Waals surface area contributed by atoms with Crippen LogP contribution in [0.1, 0.15) is 12.5 Å². The van der Waals surface area contributed by atoms with Crippen molar-refractivity contribution in [2.24, 2.45) is 5.92 Å². The molecular weight excluding hydrogens is 180 g/mol. The van der Waals surface area contributed by atoms with Crippen LogP contribution in [-0.2, 0) is 0 Å². The van der Waals surface area contributed by atoms with Gasteiger partial charge in [0.05, 0.1) is 0 Å². The van der Waals surface area contributed by atoms with E-state index in [2.05, 4.69) is 38.1 Å². The van der Waals surface area contributed by atoms with Gasteiger partial charge in [-0.2, -0.15) is 0 Å². The molecule has 0 radical (unpaired) electrons. The fourth-order valence-electron chi connectivity index (χ4n) is 1.00. The number of hydrogen-bond donors (Lipinski definition) is 1. The van der Waals surface area contributed by atoms with Gasteiger partial charge in [-0.15, -0.1) is 11.8 Å². The number of rotatable bonds is 4. The van der Waals surface area contributed by atoms with Crippen LogP contribution in [-0.4, -0.2) is 17.5 Å². The lowest BCUT2D eigenvalue weighted by molar-refractivity contribution is 0.250. The molecule has 0 aliphatic carbocycles. The summed E-state index contributed by atoms with van der Waals surface area (Å²) in [6, 6.07) is 8.35. The molecule has 0 heterocycles. The first-order chi connectivity index (χ1) is 6.24. The van der Waals surface area contributed by atoms with Gasteiger partial charge >= 0.3 is 0 Å². The van der Waals surface area contributed by atoms with Crippen molar-refractivity contribution in [3.63, 3.8) is 0 Å². The van der Waals surface area contributed by atoms with Gasteiger partial charge in [-0.1, -0.05) is 25.1 Å². The van der Waals surface area contributed by atoms with Crippen molar-refractivity contribution in [2.45, 2.75) is 18.7 Å². The van der Waals surface area contributed by atoms with E-state index in [1.807, 2.05) is 11.8 Å². The quantitative estimate of drug-likeness (QED) is 0.747. The second-order valence-corrected chi connectivity index (χ2v) is 4.43. The maximum atomic E-state index is 8.87. The van der Waals surface area contributed by atoms with Gasteiger partial charge in [0.1, 0.15) is 0 Å². The first-order valence-corrected chi connectivity index (χ1v) is 5.52. The van der Waals surface area contributed by atoms with E-state index in [1.54, 1.807) is 0 Å². The molecule has 13 heavy (non-hydrogen) atoms. The van der Waals surface area contributed by atoms with Crippen molar-refractivity contribution in [1.82, 2.24) is 0 Å². The SMILES string of the molecule is Cc1ccccc1SC[C@@H](C)CO. The molecule has 0 spiro atoms. The Morgan fingerprint density at radius 3 is 2.69 bits per heavy atom. The highest BCUT2D eigenvalue weighted by molar-refractivity contribution is 7.99. The summed E-state index contributed by atoms with van der Waals surface area (Å²) < 4.78 is 0. The zero-order valence-corrected chi connectivity index (χ0v) is 8.97. The van der Waals surface area contributed by atoms with Gasteiger partial charge in [-0.3, -0.25) is 0 Å². The Bertz CT molecular complexity index is 260. The van der Waals surface area contributed by atoms with Crippen LogP contribution in [0.2, 0.25) is 0 Å². The normalized spacial score (nSPS) is 12.8. The van der Waals surface area contributed by atoms with Crippen LogP contribution in [0.25, 0.3) is 0 Å². The van der Waals surface area contributed by atoms with Crippen molar-refractivity contribution < 1.29 is 5.11 Å². The molecule has 2 heteroatoms. The third kappa shape index (κ3) is 3.41. The van der Waals surface area contributed by atoms with Crippen LogP contribution >= 0.6 is 11.8 Å². The Kier molecular flexibility index (Phi) is 4.33. The van der Waals surface area contributed by atoms with Gasteiger partial charge in [0.15, 0.2) is 0 Å². The molecule has 0 bridgehead atoms. The van der Waals surface area contributed by atoms with Crippen molar-refractivity contribution >= 4 is 11.8 Å². The predicted octanol–water partition coefficient (Wildman–Crippen LogP) is 2.72. The number of aliphatic hydroxyl groups is 1. The van der Waals surface area contributed by atoms with Crippen LogP contribution in [0.15, 0.2) is 29.2 Å². The Morgan fingerprint density at radius 1 is 1.38 bits per heavy atom.